The second kappa shape index (κ2) is 3.00. The first-order valence-electron chi connectivity index (χ1n) is 3.65. The molecule has 0 atom stereocenters. The van der Waals surface area contributed by atoms with Crippen LogP contribution >= 0.6 is 12.4 Å². The third-order valence-electron chi connectivity index (χ3n) is 2.26. The van der Waals surface area contributed by atoms with E-state index in [0.29, 0.717) is 12.0 Å². The summed E-state index contributed by atoms with van der Waals surface area (Å²) in [6.45, 7) is 4.88. The lowest BCUT2D eigenvalue weighted by Crippen LogP contribution is -2.46. The van der Waals surface area contributed by atoms with Crippen molar-refractivity contribution in [1.29, 1.82) is 5.26 Å². The summed E-state index contributed by atoms with van der Waals surface area (Å²) in [6, 6.07) is 2.30. The molecular weight excluding hydrogens is 160 g/mol. The molecule has 1 fully saturated rings. The maximum atomic E-state index is 8.74. The van der Waals surface area contributed by atoms with Crippen molar-refractivity contribution in [2.24, 2.45) is 16.6 Å². The minimum atomic E-state index is -0.177. The fourth-order valence-corrected chi connectivity index (χ4v) is 2.05. The van der Waals surface area contributed by atoms with E-state index < -0.39 is 0 Å². The molecule has 0 saturated heterocycles. The number of hydrogen-bond acceptors (Lipinski definition) is 2. The van der Waals surface area contributed by atoms with Crippen molar-refractivity contribution in [3.8, 4) is 6.07 Å². The van der Waals surface area contributed by atoms with Gasteiger partial charge >= 0.3 is 0 Å². The Bertz CT molecular complexity index is 173. The monoisotopic (exact) mass is 174 g/mol. The van der Waals surface area contributed by atoms with Crippen molar-refractivity contribution in [2.45, 2.75) is 26.7 Å². The van der Waals surface area contributed by atoms with Crippen LogP contribution in [0, 0.1) is 22.2 Å². The molecule has 2 nitrogen and oxygen atoms in total. The SMILES string of the molecule is CC1(C)CC(C#N)(CN)C1.Cl. The van der Waals surface area contributed by atoms with Gasteiger partial charge in [0.2, 0.25) is 0 Å². The average Bonchev–Trinajstić information content (AvgIpc) is 1.82. The van der Waals surface area contributed by atoms with Crippen molar-refractivity contribution >= 4 is 12.4 Å². The first-order valence-corrected chi connectivity index (χ1v) is 3.65. The van der Waals surface area contributed by atoms with Crippen molar-refractivity contribution in [1.82, 2.24) is 0 Å². The van der Waals surface area contributed by atoms with Crippen LogP contribution in [0.2, 0.25) is 0 Å². The molecule has 0 heterocycles. The number of rotatable bonds is 1. The number of nitrogens with two attached hydrogens (primary N) is 1. The van der Waals surface area contributed by atoms with Crippen LogP contribution in [0.25, 0.3) is 0 Å². The molecular formula is C8H15ClN2. The van der Waals surface area contributed by atoms with Gasteiger partial charge in [0.25, 0.3) is 0 Å². The van der Waals surface area contributed by atoms with Crippen LogP contribution in [0.1, 0.15) is 26.7 Å². The Morgan fingerprint density at radius 2 is 1.91 bits per heavy atom. The standard InChI is InChI=1S/C8H14N2.ClH/c1-7(2)3-8(4-7,5-9)6-10;/h3-5,9H2,1-2H3;1H. The Balaban J connectivity index is 0.000001000. The zero-order chi connectivity index (χ0) is 7.83. The summed E-state index contributed by atoms with van der Waals surface area (Å²) in [7, 11) is 0. The first kappa shape index (κ1) is 10.7. The van der Waals surface area contributed by atoms with Crippen LogP contribution in [-0.2, 0) is 0 Å². The lowest BCUT2D eigenvalue weighted by Gasteiger charge is -2.48. The third kappa shape index (κ3) is 1.85. The Labute approximate surface area is 74.2 Å². The Hall–Kier alpha value is -0.260. The summed E-state index contributed by atoms with van der Waals surface area (Å²) in [5.41, 5.74) is 5.66. The lowest BCUT2D eigenvalue weighted by atomic mass is 9.55. The maximum absolute atomic E-state index is 8.74. The summed E-state index contributed by atoms with van der Waals surface area (Å²) < 4.78 is 0. The number of nitriles is 1. The van der Waals surface area contributed by atoms with E-state index in [2.05, 4.69) is 19.9 Å². The Morgan fingerprint density at radius 1 is 1.45 bits per heavy atom. The van der Waals surface area contributed by atoms with Crippen LogP contribution in [0.3, 0.4) is 0 Å². The highest BCUT2D eigenvalue weighted by Gasteiger charge is 2.48. The summed E-state index contributed by atoms with van der Waals surface area (Å²) in [5, 5.41) is 8.74. The predicted molar refractivity (Wildman–Crippen MR) is 47.4 cm³/mol. The summed E-state index contributed by atoms with van der Waals surface area (Å²) in [6.07, 6.45) is 1.93. The van der Waals surface area contributed by atoms with Gasteiger partial charge in [0.05, 0.1) is 11.5 Å². The molecule has 0 aromatic heterocycles. The van der Waals surface area contributed by atoms with Gasteiger partial charge in [0.15, 0.2) is 0 Å². The minimum absolute atomic E-state index is 0. The van der Waals surface area contributed by atoms with Gasteiger partial charge in [0.1, 0.15) is 0 Å². The number of halogens is 1. The summed E-state index contributed by atoms with van der Waals surface area (Å²) >= 11 is 0. The van der Waals surface area contributed by atoms with Gasteiger partial charge in [-0.25, -0.2) is 0 Å². The smallest absolute Gasteiger partial charge is 0.0706 e. The minimum Gasteiger partial charge on any atom is -0.329 e. The van der Waals surface area contributed by atoms with Crippen molar-refractivity contribution in [2.75, 3.05) is 6.54 Å². The fourth-order valence-electron chi connectivity index (χ4n) is 2.05. The summed E-state index contributed by atoms with van der Waals surface area (Å²) in [4.78, 5) is 0. The van der Waals surface area contributed by atoms with E-state index in [1.807, 2.05) is 0 Å². The van der Waals surface area contributed by atoms with Gasteiger partial charge in [-0.15, -0.1) is 12.4 Å². The average molecular weight is 175 g/mol. The van der Waals surface area contributed by atoms with Gasteiger partial charge in [-0.3, -0.25) is 0 Å². The van der Waals surface area contributed by atoms with Crippen LogP contribution in [0.5, 0.6) is 0 Å². The van der Waals surface area contributed by atoms with E-state index in [1.54, 1.807) is 0 Å². The molecule has 2 N–H and O–H groups in total. The highest BCUT2D eigenvalue weighted by molar-refractivity contribution is 5.85. The molecule has 0 aliphatic heterocycles. The molecule has 1 aliphatic carbocycles. The molecule has 0 aromatic carbocycles. The van der Waals surface area contributed by atoms with E-state index in [4.69, 9.17) is 11.0 Å². The second-order valence-electron chi connectivity index (χ2n) is 4.11. The van der Waals surface area contributed by atoms with Gasteiger partial charge in [-0.2, -0.15) is 5.26 Å². The predicted octanol–water partition coefficient (Wildman–Crippen LogP) is 1.70. The number of nitrogens with zero attached hydrogens (tertiary/aromatic N) is 1. The topological polar surface area (TPSA) is 49.8 Å². The number of hydrogen-bond donors (Lipinski definition) is 1. The van der Waals surface area contributed by atoms with Crippen molar-refractivity contribution in [3.63, 3.8) is 0 Å². The molecule has 1 aliphatic rings. The normalized spacial score (nSPS) is 24.2. The first-order chi connectivity index (χ1) is 4.54. The van der Waals surface area contributed by atoms with Crippen LogP contribution < -0.4 is 5.73 Å². The highest BCUT2D eigenvalue weighted by Crippen LogP contribution is 2.52. The molecule has 1 rings (SSSR count). The zero-order valence-electron chi connectivity index (χ0n) is 7.05. The van der Waals surface area contributed by atoms with Gasteiger partial charge < -0.3 is 5.73 Å². The molecule has 64 valence electrons. The quantitative estimate of drug-likeness (QED) is 0.658. The molecule has 1 saturated carbocycles. The van der Waals surface area contributed by atoms with Crippen LogP contribution in [-0.4, -0.2) is 6.54 Å². The van der Waals surface area contributed by atoms with Crippen LogP contribution in [0.15, 0.2) is 0 Å². The molecule has 0 unspecified atom stereocenters. The molecule has 0 aromatic rings. The van der Waals surface area contributed by atoms with E-state index in [9.17, 15) is 0 Å². The zero-order valence-corrected chi connectivity index (χ0v) is 7.87. The molecule has 11 heavy (non-hydrogen) atoms. The lowest BCUT2D eigenvalue weighted by molar-refractivity contribution is 0.0435. The van der Waals surface area contributed by atoms with E-state index in [-0.39, 0.29) is 17.8 Å². The molecule has 0 bridgehead atoms. The molecule has 0 spiro atoms. The highest BCUT2D eigenvalue weighted by atomic mass is 35.5. The van der Waals surface area contributed by atoms with Gasteiger partial charge in [-0.05, 0) is 18.3 Å². The fraction of sp³-hybridized carbons (Fsp3) is 0.875. The van der Waals surface area contributed by atoms with Crippen molar-refractivity contribution in [3.05, 3.63) is 0 Å². The molecule has 0 amide bonds. The van der Waals surface area contributed by atoms with E-state index >= 15 is 0 Å². The molecule has 0 radical (unpaired) electrons. The van der Waals surface area contributed by atoms with E-state index in [1.165, 1.54) is 0 Å². The van der Waals surface area contributed by atoms with Gasteiger partial charge in [-0.1, -0.05) is 13.8 Å². The largest absolute Gasteiger partial charge is 0.329 e. The summed E-state index contributed by atoms with van der Waals surface area (Å²) in [5.74, 6) is 0. The third-order valence-corrected chi connectivity index (χ3v) is 2.26. The van der Waals surface area contributed by atoms with Crippen molar-refractivity contribution < 1.29 is 0 Å². The Morgan fingerprint density at radius 3 is 2.00 bits per heavy atom. The second-order valence-corrected chi connectivity index (χ2v) is 4.11. The molecule has 3 heteroatoms. The van der Waals surface area contributed by atoms with Gasteiger partial charge in [0, 0.05) is 6.54 Å². The van der Waals surface area contributed by atoms with E-state index in [0.717, 1.165) is 12.8 Å². The maximum Gasteiger partial charge on any atom is 0.0706 e. The Kier molecular flexibility index (Phi) is 2.93. The van der Waals surface area contributed by atoms with Crippen LogP contribution in [0.4, 0.5) is 0 Å².